The van der Waals surface area contributed by atoms with Gasteiger partial charge in [0.15, 0.2) is 0 Å². The third-order valence-corrected chi connectivity index (χ3v) is 12.8. The molecule has 1 aromatic carbocycles. The van der Waals surface area contributed by atoms with E-state index in [0.717, 1.165) is 11.5 Å². The highest BCUT2D eigenvalue weighted by Crippen LogP contribution is 2.43. The maximum absolute atomic E-state index is 14.6. The van der Waals surface area contributed by atoms with Crippen LogP contribution >= 0.6 is 11.5 Å². The van der Waals surface area contributed by atoms with Crippen LogP contribution in [0.4, 0.5) is 18.0 Å². The number of esters is 1. The first kappa shape index (κ1) is 48.8. The predicted molar refractivity (Wildman–Crippen MR) is 242 cm³/mol. The summed E-state index contributed by atoms with van der Waals surface area (Å²) in [6.07, 6.45) is -2.65. The molecule has 0 unspecified atom stereocenters. The Morgan fingerprint density at radius 2 is 1.83 bits per heavy atom. The van der Waals surface area contributed by atoms with Crippen molar-refractivity contribution in [1.29, 1.82) is 0 Å². The summed E-state index contributed by atoms with van der Waals surface area (Å²) in [5.41, 5.74) is 4.90. The van der Waals surface area contributed by atoms with Gasteiger partial charge in [-0.3, -0.25) is 24.4 Å². The van der Waals surface area contributed by atoms with E-state index in [1.807, 2.05) is 47.6 Å². The number of aromatic nitrogens is 4. The monoisotopic (exact) mass is 938 g/mol. The molecule has 3 aromatic heterocycles. The zero-order valence-electron chi connectivity index (χ0n) is 39.1. The Bertz CT molecular complexity index is 2440. The van der Waals surface area contributed by atoms with Crippen molar-refractivity contribution in [3.8, 4) is 21.8 Å². The van der Waals surface area contributed by atoms with Gasteiger partial charge >= 0.3 is 18.2 Å². The number of hydrogen-bond donors (Lipinski definition) is 2. The molecule has 358 valence electrons. The average molecular weight is 939 g/mol. The molecule has 3 aliphatic rings. The topological polar surface area (TPSA) is 170 Å². The van der Waals surface area contributed by atoms with Crippen molar-refractivity contribution in [2.75, 3.05) is 32.8 Å². The Hall–Kier alpha value is -5.14. The molecule has 66 heavy (non-hydrogen) atoms. The minimum atomic E-state index is -4.56. The molecule has 3 amide bonds. The summed E-state index contributed by atoms with van der Waals surface area (Å²) in [5.74, 6) is -2.19. The molecule has 15 nitrogen and oxygen atoms in total. The van der Waals surface area contributed by atoms with Gasteiger partial charge in [0.2, 0.25) is 5.91 Å². The van der Waals surface area contributed by atoms with Gasteiger partial charge in [-0.1, -0.05) is 41.5 Å². The van der Waals surface area contributed by atoms with Gasteiger partial charge in [-0.2, -0.15) is 17.5 Å². The highest BCUT2D eigenvalue weighted by Gasteiger charge is 2.40. The highest BCUT2D eigenvalue weighted by molar-refractivity contribution is 7.09. The van der Waals surface area contributed by atoms with Crippen LogP contribution in [0.3, 0.4) is 0 Å². The van der Waals surface area contributed by atoms with Crippen molar-refractivity contribution in [3.63, 3.8) is 0 Å². The fourth-order valence-electron chi connectivity index (χ4n) is 8.61. The fraction of sp³-hybridized carbons (Fsp3) is 0.596. The van der Waals surface area contributed by atoms with E-state index in [1.165, 1.54) is 14.5 Å². The number of cyclic esters (lactones) is 1. The van der Waals surface area contributed by atoms with Crippen LogP contribution in [-0.4, -0.2) is 116 Å². The van der Waals surface area contributed by atoms with E-state index in [0.29, 0.717) is 69.9 Å². The molecule has 3 aliphatic heterocycles. The van der Waals surface area contributed by atoms with E-state index in [2.05, 4.69) is 20.1 Å². The largest absolute Gasteiger partial charge is 0.464 e. The van der Waals surface area contributed by atoms with Gasteiger partial charge in [0, 0.05) is 46.6 Å². The molecule has 0 spiro atoms. The molecular weight excluding hydrogens is 878 g/mol. The number of carbonyl (C=O) groups is 4. The van der Waals surface area contributed by atoms with Crippen molar-refractivity contribution in [1.82, 2.24) is 39.6 Å². The van der Waals surface area contributed by atoms with Crippen LogP contribution in [-0.2, 0) is 48.0 Å². The van der Waals surface area contributed by atoms with Crippen molar-refractivity contribution in [3.05, 3.63) is 53.6 Å². The number of ether oxygens (including phenoxy) is 3. The summed E-state index contributed by atoms with van der Waals surface area (Å²) in [6.45, 7) is 16.5. The van der Waals surface area contributed by atoms with Gasteiger partial charge in [-0.15, -0.1) is 0 Å². The first-order chi connectivity index (χ1) is 31.0. The molecule has 4 aromatic rings. The SMILES string of the molecule is CC(C)c1ncccc1-c1c2c3cc(ccc3n1CC(F)(F)F)-c1nc(ns1)C[C@H](NC(=O)[C@@H](COC1CN(C(=O)OC(C)(C)C)C1)C(C)C)C(=O)N1CCC[C@H](N1)C(=O)OCC(C)(C)C2. The lowest BCUT2D eigenvalue weighted by molar-refractivity contribution is -0.155. The number of likely N-dealkylation sites (tertiary alicyclic amines) is 1. The van der Waals surface area contributed by atoms with Crippen LogP contribution in [0, 0.1) is 17.3 Å². The molecule has 6 heterocycles. The Morgan fingerprint density at radius 1 is 1.09 bits per heavy atom. The number of halogens is 3. The molecule has 19 heteroatoms. The van der Waals surface area contributed by atoms with Gasteiger partial charge in [-0.25, -0.2) is 15.2 Å². The predicted octanol–water partition coefficient (Wildman–Crippen LogP) is 7.46. The van der Waals surface area contributed by atoms with Crippen molar-refractivity contribution in [2.45, 2.75) is 130 Å². The molecule has 7 rings (SSSR count). The second kappa shape index (κ2) is 19.2. The second-order valence-corrected chi connectivity index (χ2v) is 20.8. The van der Waals surface area contributed by atoms with E-state index < -0.39 is 65.6 Å². The molecule has 3 atom stereocenters. The standard InChI is InChI=1S/C47H61F3N8O7S/c1-26(2)33(23-63-29-21-56(22-29)44(62)65-45(5,6)7)40(59)52-35-19-37-53-41(66-55-37)28-14-15-36-31(18-28)32(20-46(8,9)25-64-43(61)34-13-11-17-58(54-34)42(35)60)39(57(36)24-47(48,49)50)30-12-10-16-51-38(30)27(3)4/h10,12,14-16,18,26-27,29,33-35,54H,11,13,17,19-25H2,1-9H3,(H,52,59)/t33-,34-,35-/m0/s1. The molecule has 0 radical (unpaired) electrons. The van der Waals surface area contributed by atoms with Crippen molar-refractivity contribution >= 4 is 46.3 Å². The lowest BCUT2D eigenvalue weighted by atomic mass is 9.84. The number of hydrogen-bond acceptors (Lipinski definition) is 12. The number of fused-ring (bicyclic) bond motifs is 6. The van der Waals surface area contributed by atoms with Crippen molar-refractivity contribution < 1.29 is 46.6 Å². The third kappa shape index (κ3) is 11.3. The fourth-order valence-corrected chi connectivity index (χ4v) is 9.30. The maximum atomic E-state index is 14.6. The number of benzene rings is 1. The lowest BCUT2D eigenvalue weighted by Crippen LogP contribution is -2.61. The third-order valence-electron chi connectivity index (χ3n) is 12.0. The summed E-state index contributed by atoms with van der Waals surface area (Å²) in [4.78, 5) is 65.9. The first-order valence-electron chi connectivity index (χ1n) is 22.6. The minimum absolute atomic E-state index is 0.0407. The number of carbonyl (C=O) groups excluding carboxylic acids is 4. The van der Waals surface area contributed by atoms with Gasteiger partial charge in [0.05, 0.1) is 49.7 Å². The molecule has 2 fully saturated rings. The summed E-state index contributed by atoms with van der Waals surface area (Å²) in [7, 11) is 0. The molecule has 0 saturated carbocycles. The number of amides is 3. The van der Waals surface area contributed by atoms with E-state index in [9.17, 15) is 32.3 Å². The van der Waals surface area contributed by atoms with E-state index in [1.54, 1.807) is 51.2 Å². The molecule has 2 N–H and O–H groups in total. The average Bonchev–Trinajstić information content (AvgIpc) is 3.80. The van der Waals surface area contributed by atoms with Crippen LogP contribution in [0.1, 0.15) is 98.2 Å². The number of pyridine rings is 1. The number of rotatable bonds is 9. The summed E-state index contributed by atoms with van der Waals surface area (Å²) >= 11 is 1.08. The number of nitrogens with zero attached hydrogens (tertiary/aromatic N) is 6. The molecular formula is C47H61F3N8O7S. The Kier molecular flexibility index (Phi) is 14.2. The molecule has 2 saturated heterocycles. The lowest BCUT2D eigenvalue weighted by Gasteiger charge is -2.40. The normalized spacial score (nSPS) is 20.3. The van der Waals surface area contributed by atoms with Gasteiger partial charge in [0.1, 0.15) is 35.1 Å². The second-order valence-electron chi connectivity index (χ2n) is 20.1. The first-order valence-corrected chi connectivity index (χ1v) is 23.4. The Labute approximate surface area is 387 Å². The smallest absolute Gasteiger partial charge is 0.410 e. The number of hydrazine groups is 1. The van der Waals surface area contributed by atoms with Gasteiger partial charge in [0.25, 0.3) is 5.91 Å². The summed E-state index contributed by atoms with van der Waals surface area (Å²) in [5, 5.41) is 5.36. The van der Waals surface area contributed by atoms with E-state index >= 15 is 0 Å². The highest BCUT2D eigenvalue weighted by atomic mass is 32.1. The van der Waals surface area contributed by atoms with Crippen molar-refractivity contribution in [2.24, 2.45) is 17.3 Å². The molecule has 6 bridgehead atoms. The van der Waals surface area contributed by atoms with E-state index in [-0.39, 0.29) is 56.4 Å². The van der Waals surface area contributed by atoms with Crippen LogP contribution in [0.25, 0.3) is 32.7 Å². The zero-order chi connectivity index (χ0) is 47.9. The number of nitrogens with one attached hydrogen (secondary N) is 2. The van der Waals surface area contributed by atoms with E-state index in [4.69, 9.17) is 19.2 Å². The minimum Gasteiger partial charge on any atom is -0.464 e. The van der Waals surface area contributed by atoms with Crippen LogP contribution < -0.4 is 10.7 Å². The Morgan fingerprint density at radius 3 is 2.52 bits per heavy atom. The Balaban J connectivity index is 1.24. The summed E-state index contributed by atoms with van der Waals surface area (Å²) < 4.78 is 67.2. The van der Waals surface area contributed by atoms with Gasteiger partial charge < -0.3 is 29.0 Å². The maximum Gasteiger partial charge on any atom is 0.410 e. The van der Waals surface area contributed by atoms with Crippen LogP contribution in [0.2, 0.25) is 0 Å². The summed E-state index contributed by atoms with van der Waals surface area (Å²) in [6, 6.07) is 6.70. The van der Waals surface area contributed by atoms with Gasteiger partial charge in [-0.05, 0) is 99.3 Å². The quantitative estimate of drug-likeness (QED) is 0.160. The number of alkyl halides is 3. The molecule has 0 aliphatic carbocycles. The van der Waals surface area contributed by atoms with Crippen LogP contribution in [0.15, 0.2) is 36.5 Å². The van der Waals surface area contributed by atoms with Crippen LogP contribution in [0.5, 0.6) is 0 Å². The zero-order valence-corrected chi connectivity index (χ0v) is 39.9.